The number of halogens is 4. The summed E-state index contributed by atoms with van der Waals surface area (Å²) < 4.78 is 88.7. The highest BCUT2D eigenvalue weighted by atomic mass is 32.2. The lowest BCUT2D eigenvalue weighted by Crippen LogP contribution is -2.63. The SMILES string of the molecule is CC(F)Oc1cccc(-c2nn(C3CCO[C@@H](C(F)(F)F)C3)c3cc(C(=O)NC4(C)CS(=O)(=O)C4)cnc23)c1. The fourth-order valence-electron chi connectivity index (χ4n) is 5.10. The summed E-state index contributed by atoms with van der Waals surface area (Å²) in [7, 11) is -3.21. The highest BCUT2D eigenvalue weighted by molar-refractivity contribution is 7.93. The summed E-state index contributed by atoms with van der Waals surface area (Å²) in [6, 6.07) is 7.19. The lowest BCUT2D eigenvalue weighted by Gasteiger charge is -2.38. The van der Waals surface area contributed by atoms with Gasteiger partial charge in [-0.15, -0.1) is 0 Å². The van der Waals surface area contributed by atoms with Crippen molar-refractivity contribution in [1.29, 1.82) is 0 Å². The highest BCUT2D eigenvalue weighted by Gasteiger charge is 2.46. The van der Waals surface area contributed by atoms with Crippen LogP contribution in [0.15, 0.2) is 36.5 Å². The number of pyridine rings is 1. The molecule has 0 radical (unpaired) electrons. The predicted molar refractivity (Wildman–Crippen MR) is 133 cm³/mol. The molecule has 2 aromatic heterocycles. The van der Waals surface area contributed by atoms with E-state index in [2.05, 4.69) is 15.4 Å². The standard InChI is InChI=1S/C25H26F4N4O5S/c1-14(26)38-18-5-3-4-15(8-18)21-22-19(33(32-21)17-6-7-37-20(10-17)25(27,28)29)9-16(11-30-22)23(34)31-24(2)12-39(35,36)13-24/h3-5,8-9,11,14,17,20H,6-7,10,12-13H2,1-2H3,(H,31,34)/t14?,17?,20-/m1/s1. The zero-order chi connectivity index (χ0) is 28.2. The van der Waals surface area contributed by atoms with Crippen molar-refractivity contribution in [2.24, 2.45) is 0 Å². The van der Waals surface area contributed by atoms with Crippen LogP contribution in [0, 0.1) is 0 Å². The molecule has 3 aromatic rings. The number of aromatic nitrogens is 3. The molecule has 3 atom stereocenters. The van der Waals surface area contributed by atoms with E-state index in [1.54, 1.807) is 31.2 Å². The van der Waals surface area contributed by atoms with Crippen LogP contribution in [-0.4, -0.2) is 71.4 Å². The summed E-state index contributed by atoms with van der Waals surface area (Å²) in [6.45, 7) is 2.71. The van der Waals surface area contributed by atoms with Gasteiger partial charge < -0.3 is 14.8 Å². The number of carbonyl (C=O) groups is 1. The molecule has 1 aromatic carbocycles. The van der Waals surface area contributed by atoms with Crippen molar-refractivity contribution < 1.29 is 40.2 Å². The molecule has 0 saturated carbocycles. The third-order valence-electron chi connectivity index (χ3n) is 6.67. The Morgan fingerprint density at radius 3 is 2.69 bits per heavy atom. The molecule has 0 aliphatic carbocycles. The van der Waals surface area contributed by atoms with Crippen molar-refractivity contribution in [3.05, 3.63) is 42.1 Å². The van der Waals surface area contributed by atoms with Gasteiger partial charge >= 0.3 is 6.18 Å². The third-order valence-corrected chi connectivity index (χ3v) is 8.83. The molecule has 4 heterocycles. The van der Waals surface area contributed by atoms with Crippen LogP contribution in [0.2, 0.25) is 0 Å². The number of sulfone groups is 1. The normalized spacial score (nSPS) is 23.1. The number of nitrogens with zero attached hydrogens (tertiary/aromatic N) is 3. The van der Waals surface area contributed by atoms with Crippen molar-refractivity contribution in [3.63, 3.8) is 0 Å². The molecular weight excluding hydrogens is 544 g/mol. The Morgan fingerprint density at radius 1 is 1.28 bits per heavy atom. The van der Waals surface area contributed by atoms with E-state index < -0.39 is 46.0 Å². The Hall–Kier alpha value is -3.26. The zero-order valence-corrected chi connectivity index (χ0v) is 21.9. The molecule has 1 N–H and O–H groups in total. The van der Waals surface area contributed by atoms with Crippen LogP contribution in [0.3, 0.4) is 0 Å². The summed E-state index contributed by atoms with van der Waals surface area (Å²) in [5, 5.41) is 7.32. The minimum atomic E-state index is -4.55. The minimum Gasteiger partial charge on any atom is -0.461 e. The van der Waals surface area contributed by atoms with Crippen molar-refractivity contribution >= 4 is 26.8 Å². The summed E-state index contributed by atoms with van der Waals surface area (Å²) >= 11 is 0. The van der Waals surface area contributed by atoms with Crippen molar-refractivity contribution in [2.45, 2.75) is 56.9 Å². The van der Waals surface area contributed by atoms with Gasteiger partial charge in [-0.25, -0.2) is 12.8 Å². The van der Waals surface area contributed by atoms with Crippen LogP contribution in [0.25, 0.3) is 22.3 Å². The number of carbonyl (C=O) groups excluding carboxylic acids is 1. The molecule has 2 fully saturated rings. The molecule has 2 saturated heterocycles. The first-order valence-electron chi connectivity index (χ1n) is 12.2. The lowest BCUT2D eigenvalue weighted by atomic mass is 10.0. The molecule has 2 unspecified atom stereocenters. The number of amides is 1. The number of fused-ring (bicyclic) bond motifs is 1. The summed E-state index contributed by atoms with van der Waals surface area (Å²) in [6.07, 6.45) is -6.92. The summed E-state index contributed by atoms with van der Waals surface area (Å²) in [5.41, 5.74) is 0.634. The number of nitrogens with one attached hydrogen (secondary N) is 1. The smallest absolute Gasteiger partial charge is 0.414 e. The molecule has 1 amide bonds. The van der Waals surface area contributed by atoms with E-state index in [0.29, 0.717) is 22.3 Å². The predicted octanol–water partition coefficient (Wildman–Crippen LogP) is 3.99. The van der Waals surface area contributed by atoms with E-state index >= 15 is 0 Å². The van der Waals surface area contributed by atoms with Crippen LogP contribution in [0.1, 0.15) is 43.1 Å². The monoisotopic (exact) mass is 570 g/mol. The first kappa shape index (κ1) is 27.3. The van der Waals surface area contributed by atoms with Gasteiger partial charge in [-0.05, 0) is 31.5 Å². The first-order chi connectivity index (χ1) is 18.2. The number of rotatable bonds is 6. The van der Waals surface area contributed by atoms with E-state index in [1.807, 2.05) is 0 Å². The van der Waals surface area contributed by atoms with Gasteiger partial charge in [0, 0.05) is 31.7 Å². The fraction of sp³-hybridized carbons (Fsp3) is 0.480. The van der Waals surface area contributed by atoms with E-state index in [0.717, 1.165) is 0 Å². The first-order valence-corrected chi connectivity index (χ1v) is 14.1. The van der Waals surface area contributed by atoms with Gasteiger partial charge in [0.1, 0.15) is 17.0 Å². The Labute approximate surface area is 221 Å². The highest BCUT2D eigenvalue weighted by Crippen LogP contribution is 2.38. The Kier molecular flexibility index (Phi) is 6.82. The van der Waals surface area contributed by atoms with Crippen molar-refractivity contribution in [1.82, 2.24) is 20.1 Å². The quantitative estimate of drug-likeness (QED) is 0.446. The van der Waals surface area contributed by atoms with Gasteiger partial charge in [-0.1, -0.05) is 12.1 Å². The second-order valence-corrected chi connectivity index (χ2v) is 12.3. The largest absolute Gasteiger partial charge is 0.461 e. The number of alkyl halides is 4. The van der Waals surface area contributed by atoms with Gasteiger partial charge in [0.2, 0.25) is 6.36 Å². The molecule has 5 rings (SSSR count). The summed E-state index contributed by atoms with van der Waals surface area (Å²) in [4.78, 5) is 17.4. The van der Waals surface area contributed by atoms with Gasteiger partial charge in [0.25, 0.3) is 5.91 Å². The zero-order valence-electron chi connectivity index (χ0n) is 21.0. The van der Waals surface area contributed by atoms with E-state index in [9.17, 15) is 30.8 Å². The number of hydrogen-bond donors (Lipinski definition) is 1. The van der Waals surface area contributed by atoms with Gasteiger partial charge in [0.15, 0.2) is 15.9 Å². The number of hydrogen-bond acceptors (Lipinski definition) is 7. The Morgan fingerprint density at radius 2 is 2.03 bits per heavy atom. The van der Waals surface area contributed by atoms with E-state index in [4.69, 9.17) is 9.47 Å². The molecular formula is C25H26F4N4O5S. The Bertz CT molecular complexity index is 1510. The molecule has 0 spiro atoms. The maximum atomic E-state index is 13.5. The molecule has 2 aliphatic rings. The minimum absolute atomic E-state index is 0.100. The van der Waals surface area contributed by atoms with Crippen molar-refractivity contribution in [3.8, 4) is 17.0 Å². The average Bonchev–Trinajstić information content (AvgIpc) is 3.21. The third kappa shape index (κ3) is 5.71. The van der Waals surface area contributed by atoms with E-state index in [-0.39, 0.29) is 42.3 Å². The maximum Gasteiger partial charge on any atom is 0.414 e. The maximum absolute atomic E-state index is 13.5. The lowest BCUT2D eigenvalue weighted by molar-refractivity contribution is -0.234. The second-order valence-electron chi connectivity index (χ2n) is 10.2. The van der Waals surface area contributed by atoms with Crippen LogP contribution < -0.4 is 10.1 Å². The molecule has 0 bridgehead atoms. The van der Waals surface area contributed by atoms with Gasteiger partial charge in [-0.3, -0.25) is 14.5 Å². The average molecular weight is 571 g/mol. The second kappa shape index (κ2) is 9.73. The summed E-state index contributed by atoms with van der Waals surface area (Å²) in [5.74, 6) is -0.725. The molecule has 2 aliphatic heterocycles. The molecule has 14 heteroatoms. The van der Waals surface area contributed by atoms with Crippen LogP contribution in [-0.2, 0) is 14.6 Å². The topological polar surface area (TPSA) is 112 Å². The molecule has 9 nitrogen and oxygen atoms in total. The van der Waals surface area contributed by atoms with Crippen LogP contribution >= 0.6 is 0 Å². The van der Waals surface area contributed by atoms with Crippen molar-refractivity contribution in [2.75, 3.05) is 18.1 Å². The Balaban J connectivity index is 1.56. The van der Waals surface area contributed by atoms with E-state index in [1.165, 1.54) is 23.9 Å². The molecule has 39 heavy (non-hydrogen) atoms. The number of benzene rings is 1. The van der Waals surface area contributed by atoms with Crippen LogP contribution in [0.5, 0.6) is 5.75 Å². The van der Waals surface area contributed by atoms with Crippen LogP contribution in [0.4, 0.5) is 17.6 Å². The molecule has 210 valence electrons. The van der Waals surface area contributed by atoms with Gasteiger partial charge in [-0.2, -0.15) is 18.3 Å². The van der Waals surface area contributed by atoms with Gasteiger partial charge in [0.05, 0.1) is 34.2 Å². The number of ether oxygens (including phenoxy) is 2. The fourth-order valence-corrected chi connectivity index (χ4v) is 7.10.